The predicted octanol–water partition coefficient (Wildman–Crippen LogP) is 2.86. The summed E-state index contributed by atoms with van der Waals surface area (Å²) in [5.41, 5.74) is 2.13. The average molecular weight is 332 g/mol. The fourth-order valence-corrected chi connectivity index (χ4v) is 5.32. The summed E-state index contributed by atoms with van der Waals surface area (Å²) in [6, 6.07) is 0. The monoisotopic (exact) mass is 332 g/mol. The molecule has 3 aliphatic carbocycles. The molecule has 1 saturated heterocycles. The normalized spacial score (nSPS) is 43.8. The van der Waals surface area contributed by atoms with Gasteiger partial charge in [-0.25, -0.2) is 0 Å². The first-order chi connectivity index (χ1) is 11.2. The van der Waals surface area contributed by atoms with E-state index in [0.29, 0.717) is 0 Å². The molecule has 4 atom stereocenters. The average Bonchev–Trinajstić information content (AvgIpc) is 2.64. The maximum absolute atomic E-state index is 10.7. The van der Waals surface area contributed by atoms with E-state index in [1.807, 2.05) is 39.8 Å². The van der Waals surface area contributed by atoms with Crippen molar-refractivity contribution in [3.8, 4) is 0 Å². The Kier molecular flexibility index (Phi) is 3.47. The van der Waals surface area contributed by atoms with Crippen LogP contribution in [-0.2, 0) is 9.47 Å². The largest absolute Gasteiger partial charge is 0.392 e. The highest BCUT2D eigenvalue weighted by molar-refractivity contribution is 5.59. The number of aliphatic hydroxyl groups excluding tert-OH is 1. The van der Waals surface area contributed by atoms with Gasteiger partial charge in [0.25, 0.3) is 0 Å². The smallest absolute Gasteiger partial charge is 0.165 e. The van der Waals surface area contributed by atoms with Gasteiger partial charge in [-0.1, -0.05) is 18.2 Å². The van der Waals surface area contributed by atoms with Crippen LogP contribution in [0.2, 0.25) is 0 Å². The highest BCUT2D eigenvalue weighted by Crippen LogP contribution is 2.63. The van der Waals surface area contributed by atoms with Crippen LogP contribution < -0.4 is 0 Å². The van der Waals surface area contributed by atoms with E-state index in [1.165, 1.54) is 5.57 Å². The van der Waals surface area contributed by atoms with Gasteiger partial charge in [-0.15, -0.1) is 0 Å². The van der Waals surface area contributed by atoms with Crippen LogP contribution in [-0.4, -0.2) is 39.9 Å². The lowest BCUT2D eigenvalue weighted by Gasteiger charge is -2.55. The summed E-state index contributed by atoms with van der Waals surface area (Å²) in [5, 5.41) is 20.6. The molecule has 0 unspecified atom stereocenters. The summed E-state index contributed by atoms with van der Waals surface area (Å²) in [5.74, 6) is -0.357. The summed E-state index contributed by atoms with van der Waals surface area (Å²) in [4.78, 5) is 0. The zero-order chi connectivity index (χ0) is 17.3. The zero-order valence-corrected chi connectivity index (χ0v) is 15.0. The SMILES string of the molecule is CC1(C)O[C@H]2C3=C4[C@@H](CCC[C@@]42O1)[C@H](C(C)(C)O)/C=C\C=C/3CO. The number of aliphatic hydroxyl groups is 2. The molecule has 0 amide bonds. The van der Waals surface area contributed by atoms with Crippen molar-refractivity contribution in [2.45, 2.75) is 70.1 Å². The number of hydrogen-bond donors (Lipinski definition) is 2. The van der Waals surface area contributed by atoms with Gasteiger partial charge in [0.2, 0.25) is 0 Å². The van der Waals surface area contributed by atoms with E-state index in [-0.39, 0.29) is 30.1 Å². The molecule has 1 spiro atoms. The summed E-state index contributed by atoms with van der Waals surface area (Å²) in [6.45, 7) is 7.69. The third-order valence-electron chi connectivity index (χ3n) is 6.08. The summed E-state index contributed by atoms with van der Waals surface area (Å²) in [6.07, 6.45) is 9.00. The van der Waals surface area contributed by atoms with E-state index in [2.05, 4.69) is 6.08 Å². The van der Waals surface area contributed by atoms with Crippen molar-refractivity contribution >= 4 is 0 Å². The van der Waals surface area contributed by atoms with Crippen molar-refractivity contribution in [2.24, 2.45) is 11.8 Å². The molecule has 4 aliphatic rings. The zero-order valence-electron chi connectivity index (χ0n) is 15.0. The lowest BCUT2D eigenvalue weighted by Crippen LogP contribution is -2.59. The molecule has 132 valence electrons. The topological polar surface area (TPSA) is 58.9 Å². The van der Waals surface area contributed by atoms with Crippen molar-refractivity contribution in [3.63, 3.8) is 0 Å². The van der Waals surface area contributed by atoms with Crippen molar-refractivity contribution in [1.82, 2.24) is 0 Å². The minimum absolute atomic E-state index is 0.000549. The molecule has 0 aromatic carbocycles. The van der Waals surface area contributed by atoms with Crippen LogP contribution in [0.1, 0.15) is 47.0 Å². The number of ether oxygens (including phenoxy) is 2. The molecule has 4 nitrogen and oxygen atoms in total. The quantitative estimate of drug-likeness (QED) is 0.816. The Balaban J connectivity index is 1.88. The fraction of sp³-hybridized carbons (Fsp3) is 0.700. The van der Waals surface area contributed by atoms with Gasteiger partial charge in [0.05, 0.1) is 12.2 Å². The molecule has 2 N–H and O–H groups in total. The van der Waals surface area contributed by atoms with Gasteiger partial charge >= 0.3 is 0 Å². The molecule has 0 aromatic heterocycles. The Hall–Kier alpha value is -0.940. The maximum atomic E-state index is 10.7. The van der Waals surface area contributed by atoms with Crippen LogP contribution in [0.25, 0.3) is 0 Å². The molecule has 1 aliphatic heterocycles. The second-order valence-corrected chi connectivity index (χ2v) is 8.63. The number of hydrogen-bond acceptors (Lipinski definition) is 4. The molecular weight excluding hydrogens is 304 g/mol. The van der Waals surface area contributed by atoms with Crippen molar-refractivity contribution in [1.29, 1.82) is 0 Å². The van der Waals surface area contributed by atoms with Gasteiger partial charge in [0.1, 0.15) is 11.7 Å². The number of rotatable bonds is 2. The highest BCUT2D eigenvalue weighted by Gasteiger charge is 2.67. The fourth-order valence-electron chi connectivity index (χ4n) is 5.32. The highest BCUT2D eigenvalue weighted by atomic mass is 16.8. The lowest BCUT2D eigenvalue weighted by atomic mass is 9.54. The first-order valence-electron chi connectivity index (χ1n) is 9.03. The molecule has 24 heavy (non-hydrogen) atoms. The second kappa shape index (κ2) is 5.04. The van der Waals surface area contributed by atoms with Crippen LogP contribution in [0.4, 0.5) is 0 Å². The van der Waals surface area contributed by atoms with E-state index in [4.69, 9.17) is 9.47 Å². The van der Waals surface area contributed by atoms with E-state index in [0.717, 1.165) is 30.4 Å². The minimum atomic E-state index is -0.803. The third kappa shape index (κ3) is 2.13. The van der Waals surface area contributed by atoms with Gasteiger partial charge in [-0.2, -0.15) is 0 Å². The predicted molar refractivity (Wildman–Crippen MR) is 91.2 cm³/mol. The Morgan fingerprint density at radius 2 is 2.08 bits per heavy atom. The van der Waals surface area contributed by atoms with Crippen molar-refractivity contribution in [3.05, 3.63) is 34.9 Å². The molecular formula is C20H28O4. The summed E-state index contributed by atoms with van der Waals surface area (Å²) < 4.78 is 12.7. The van der Waals surface area contributed by atoms with Crippen LogP contribution >= 0.6 is 0 Å². The molecule has 4 heteroatoms. The first kappa shape index (κ1) is 16.5. The first-order valence-corrected chi connectivity index (χ1v) is 9.03. The van der Waals surface area contributed by atoms with Gasteiger partial charge in [-0.05, 0) is 69.6 Å². The van der Waals surface area contributed by atoms with Gasteiger partial charge in [0.15, 0.2) is 5.79 Å². The van der Waals surface area contributed by atoms with Crippen molar-refractivity contribution < 1.29 is 19.7 Å². The Bertz CT molecular complexity index is 649. The maximum Gasteiger partial charge on any atom is 0.165 e. The van der Waals surface area contributed by atoms with E-state index in [9.17, 15) is 10.2 Å². The van der Waals surface area contributed by atoms with Crippen LogP contribution in [0.15, 0.2) is 34.9 Å². The van der Waals surface area contributed by atoms with Gasteiger partial charge in [-0.3, -0.25) is 0 Å². The van der Waals surface area contributed by atoms with Gasteiger partial charge in [0, 0.05) is 5.92 Å². The molecule has 1 heterocycles. The van der Waals surface area contributed by atoms with E-state index in [1.54, 1.807) is 0 Å². The number of allylic oxidation sites excluding steroid dienone is 2. The molecule has 4 rings (SSSR count). The molecule has 2 fully saturated rings. The van der Waals surface area contributed by atoms with Gasteiger partial charge < -0.3 is 19.7 Å². The number of fused-ring (bicyclic) bond motifs is 1. The summed E-state index contributed by atoms with van der Waals surface area (Å²) in [7, 11) is 0. The van der Waals surface area contributed by atoms with Crippen LogP contribution in [0, 0.1) is 11.8 Å². The lowest BCUT2D eigenvalue weighted by molar-refractivity contribution is -0.158. The van der Waals surface area contributed by atoms with E-state index >= 15 is 0 Å². The molecule has 0 bridgehead atoms. The summed E-state index contributed by atoms with van der Waals surface area (Å²) >= 11 is 0. The van der Waals surface area contributed by atoms with Crippen LogP contribution in [0.3, 0.4) is 0 Å². The standard InChI is InChI=1S/C20H28O4/c1-18(2,22)14-9-5-7-12(11-21)15-16-13(14)8-6-10-20(16)17(15)23-19(3,4)24-20/h5,7,9,13-14,17,21-22H,6,8,10-11H2,1-4H3/b9-5-,12-7-/t13-,14+,17-,20+/m0/s1. The Morgan fingerprint density at radius 3 is 2.75 bits per heavy atom. The minimum Gasteiger partial charge on any atom is -0.392 e. The molecule has 0 aromatic rings. The third-order valence-corrected chi connectivity index (χ3v) is 6.08. The molecule has 0 radical (unpaired) electrons. The van der Waals surface area contributed by atoms with Crippen LogP contribution in [0.5, 0.6) is 0 Å². The van der Waals surface area contributed by atoms with Crippen molar-refractivity contribution in [2.75, 3.05) is 6.61 Å². The van der Waals surface area contributed by atoms with E-state index < -0.39 is 11.4 Å². The second-order valence-electron chi connectivity index (χ2n) is 8.63. The Morgan fingerprint density at radius 1 is 1.33 bits per heavy atom. The Labute approximate surface area is 143 Å². The molecule has 1 saturated carbocycles.